The first-order valence-corrected chi connectivity index (χ1v) is 7.32. The van der Waals surface area contributed by atoms with Crippen LogP contribution in [0.1, 0.15) is 23.1 Å². The van der Waals surface area contributed by atoms with Gasteiger partial charge in [-0.2, -0.15) is 5.26 Å². The van der Waals surface area contributed by atoms with Crippen LogP contribution in [0.3, 0.4) is 0 Å². The zero-order valence-corrected chi connectivity index (χ0v) is 12.9. The lowest BCUT2D eigenvalue weighted by atomic mass is 10.1. The van der Waals surface area contributed by atoms with Crippen LogP contribution in [-0.4, -0.2) is 12.6 Å². The second kappa shape index (κ2) is 8.97. The maximum absolute atomic E-state index is 13.4. The summed E-state index contributed by atoms with van der Waals surface area (Å²) in [6.45, 7) is 0.505. The number of nitriles is 1. The average molecular weight is 322 g/mol. The number of hydrogen-bond donors (Lipinski definition) is 1. The summed E-state index contributed by atoms with van der Waals surface area (Å²) in [5.74, 6) is 4.94. The van der Waals surface area contributed by atoms with E-state index in [-0.39, 0.29) is 12.2 Å². The summed E-state index contributed by atoms with van der Waals surface area (Å²) in [5.41, 5.74) is 1.17. The second-order valence-electron chi connectivity index (χ2n) is 4.81. The van der Waals surface area contributed by atoms with Crippen LogP contribution < -0.4 is 5.32 Å². The molecule has 2 aromatic carbocycles. The molecule has 0 bridgehead atoms. The number of ether oxygens (including phenoxy) is 1. The maximum Gasteiger partial charge on any atom is 0.407 e. The standard InChI is InChI=1S/C19H15FN2O2/c20-18-11-6-10-16(17(18)13-21)9-4-5-12-22-19(23)24-14-15-7-2-1-3-8-15/h1-3,6-8,10-11H,5,12,14H2,(H,22,23). The number of benzene rings is 2. The van der Waals surface area contributed by atoms with Gasteiger partial charge in [0.15, 0.2) is 0 Å². The Morgan fingerprint density at radius 1 is 1.17 bits per heavy atom. The molecule has 24 heavy (non-hydrogen) atoms. The number of hydrogen-bond acceptors (Lipinski definition) is 3. The quantitative estimate of drug-likeness (QED) is 0.693. The molecule has 0 saturated heterocycles. The van der Waals surface area contributed by atoms with Crippen LogP contribution in [0.2, 0.25) is 0 Å². The Labute approximate surface area is 139 Å². The van der Waals surface area contributed by atoms with Crippen molar-refractivity contribution in [2.24, 2.45) is 0 Å². The lowest BCUT2D eigenvalue weighted by Crippen LogP contribution is -2.24. The molecular formula is C19H15FN2O2. The van der Waals surface area contributed by atoms with Gasteiger partial charge in [0.1, 0.15) is 24.1 Å². The first kappa shape index (κ1) is 17.1. The molecule has 0 spiro atoms. The number of halogens is 1. The molecule has 2 rings (SSSR count). The average Bonchev–Trinajstić information content (AvgIpc) is 2.60. The van der Waals surface area contributed by atoms with Crippen LogP contribution in [-0.2, 0) is 11.3 Å². The number of nitrogens with zero attached hydrogens (tertiary/aromatic N) is 1. The zero-order chi connectivity index (χ0) is 17.2. The smallest absolute Gasteiger partial charge is 0.407 e. The van der Waals surface area contributed by atoms with Crippen LogP contribution in [0, 0.1) is 29.0 Å². The predicted octanol–water partition coefficient (Wildman–Crippen LogP) is 3.37. The van der Waals surface area contributed by atoms with Crippen molar-refractivity contribution in [3.05, 3.63) is 71.0 Å². The van der Waals surface area contributed by atoms with Crippen LogP contribution >= 0.6 is 0 Å². The fourth-order valence-corrected chi connectivity index (χ4v) is 1.90. The summed E-state index contributed by atoms with van der Waals surface area (Å²) in [7, 11) is 0. The largest absolute Gasteiger partial charge is 0.445 e. The molecule has 0 saturated carbocycles. The lowest BCUT2D eigenvalue weighted by Gasteiger charge is -2.05. The number of rotatable bonds is 4. The molecule has 1 N–H and O–H groups in total. The Kier molecular flexibility index (Phi) is 6.37. The minimum atomic E-state index is -0.591. The van der Waals surface area contributed by atoms with Gasteiger partial charge in [-0.15, -0.1) is 0 Å². The van der Waals surface area contributed by atoms with Crippen LogP contribution in [0.4, 0.5) is 9.18 Å². The van der Waals surface area contributed by atoms with Crippen LogP contribution in [0.5, 0.6) is 0 Å². The maximum atomic E-state index is 13.4. The van der Waals surface area contributed by atoms with E-state index in [0.29, 0.717) is 18.5 Å². The van der Waals surface area contributed by atoms with Crippen molar-refractivity contribution in [3.63, 3.8) is 0 Å². The summed E-state index contributed by atoms with van der Waals surface area (Å²) in [6.07, 6.45) is -0.161. The summed E-state index contributed by atoms with van der Waals surface area (Å²) >= 11 is 0. The molecule has 0 aliphatic carbocycles. The Balaban J connectivity index is 1.75. The van der Waals surface area contributed by atoms with E-state index >= 15 is 0 Å². The highest BCUT2D eigenvalue weighted by atomic mass is 19.1. The fourth-order valence-electron chi connectivity index (χ4n) is 1.90. The SMILES string of the molecule is N#Cc1c(F)cccc1C#CCCNC(=O)OCc1ccccc1. The van der Waals surface area contributed by atoms with E-state index in [0.717, 1.165) is 5.56 Å². The van der Waals surface area contributed by atoms with Gasteiger partial charge >= 0.3 is 6.09 Å². The number of carbonyl (C=O) groups is 1. The number of nitrogens with one attached hydrogen (secondary N) is 1. The van der Waals surface area contributed by atoms with E-state index in [1.54, 1.807) is 12.1 Å². The molecule has 1 amide bonds. The number of carbonyl (C=O) groups excluding carboxylic acids is 1. The van der Waals surface area contributed by atoms with E-state index in [9.17, 15) is 9.18 Å². The lowest BCUT2D eigenvalue weighted by molar-refractivity contribution is 0.140. The second-order valence-corrected chi connectivity index (χ2v) is 4.81. The van der Waals surface area contributed by atoms with Gasteiger partial charge in [0.25, 0.3) is 0 Å². The van der Waals surface area contributed by atoms with E-state index in [4.69, 9.17) is 10.00 Å². The molecular weight excluding hydrogens is 307 g/mol. The van der Waals surface area contributed by atoms with Crippen molar-refractivity contribution in [3.8, 4) is 17.9 Å². The fraction of sp³-hybridized carbons (Fsp3) is 0.158. The number of amides is 1. The molecule has 120 valence electrons. The minimum Gasteiger partial charge on any atom is -0.445 e. The molecule has 0 aliphatic rings. The van der Waals surface area contributed by atoms with E-state index in [2.05, 4.69) is 17.2 Å². The van der Waals surface area contributed by atoms with Gasteiger partial charge in [0.2, 0.25) is 0 Å². The van der Waals surface area contributed by atoms with Crippen LogP contribution in [0.25, 0.3) is 0 Å². The Bertz CT molecular complexity index is 802. The zero-order valence-electron chi connectivity index (χ0n) is 12.9. The molecule has 2 aromatic rings. The third-order valence-corrected chi connectivity index (χ3v) is 3.08. The number of alkyl carbamates (subject to hydrolysis) is 1. The Hall–Kier alpha value is -3.31. The monoisotopic (exact) mass is 322 g/mol. The van der Waals surface area contributed by atoms with E-state index in [1.807, 2.05) is 30.3 Å². The van der Waals surface area contributed by atoms with Gasteiger partial charge in [-0.05, 0) is 17.7 Å². The van der Waals surface area contributed by atoms with Gasteiger partial charge in [-0.1, -0.05) is 48.2 Å². The summed E-state index contributed by atoms with van der Waals surface area (Å²) < 4.78 is 18.4. The van der Waals surface area contributed by atoms with Crippen molar-refractivity contribution >= 4 is 6.09 Å². The first-order valence-electron chi connectivity index (χ1n) is 7.32. The topological polar surface area (TPSA) is 62.1 Å². The first-order chi connectivity index (χ1) is 11.7. The van der Waals surface area contributed by atoms with Gasteiger partial charge in [0, 0.05) is 18.5 Å². The molecule has 4 nitrogen and oxygen atoms in total. The third-order valence-electron chi connectivity index (χ3n) is 3.08. The van der Waals surface area contributed by atoms with Crippen molar-refractivity contribution in [1.29, 1.82) is 5.26 Å². The molecule has 0 fully saturated rings. The van der Waals surface area contributed by atoms with E-state index in [1.165, 1.54) is 12.1 Å². The highest BCUT2D eigenvalue weighted by Gasteiger charge is 2.04. The Morgan fingerprint density at radius 2 is 1.96 bits per heavy atom. The van der Waals surface area contributed by atoms with Crippen molar-refractivity contribution in [2.75, 3.05) is 6.54 Å². The van der Waals surface area contributed by atoms with Gasteiger partial charge < -0.3 is 10.1 Å². The van der Waals surface area contributed by atoms with Gasteiger partial charge in [-0.3, -0.25) is 0 Å². The minimum absolute atomic E-state index is 0.0692. The predicted molar refractivity (Wildman–Crippen MR) is 87.2 cm³/mol. The van der Waals surface area contributed by atoms with E-state index < -0.39 is 11.9 Å². The highest BCUT2D eigenvalue weighted by Crippen LogP contribution is 2.10. The molecule has 0 radical (unpaired) electrons. The highest BCUT2D eigenvalue weighted by molar-refractivity contribution is 5.67. The van der Waals surface area contributed by atoms with Crippen molar-refractivity contribution in [1.82, 2.24) is 5.32 Å². The Morgan fingerprint density at radius 3 is 2.71 bits per heavy atom. The molecule has 0 unspecified atom stereocenters. The van der Waals surface area contributed by atoms with Gasteiger partial charge in [0.05, 0.1) is 0 Å². The molecule has 0 atom stereocenters. The summed E-state index contributed by atoms with van der Waals surface area (Å²) in [5, 5.41) is 11.5. The molecule has 0 aliphatic heterocycles. The molecule has 5 heteroatoms. The van der Waals surface area contributed by atoms with Crippen molar-refractivity contribution < 1.29 is 13.9 Å². The summed E-state index contributed by atoms with van der Waals surface area (Å²) in [6, 6.07) is 15.4. The summed E-state index contributed by atoms with van der Waals surface area (Å²) in [4.78, 5) is 11.5. The van der Waals surface area contributed by atoms with Crippen LogP contribution in [0.15, 0.2) is 48.5 Å². The van der Waals surface area contributed by atoms with Crippen molar-refractivity contribution in [2.45, 2.75) is 13.0 Å². The third kappa shape index (κ3) is 5.15. The molecule has 0 heterocycles. The molecule has 0 aromatic heterocycles. The van der Waals surface area contributed by atoms with Gasteiger partial charge in [-0.25, -0.2) is 9.18 Å². The normalized spacial score (nSPS) is 9.33.